The largest absolute Gasteiger partial charge is 0.481 e. The van der Waals surface area contributed by atoms with Gasteiger partial charge in [0.15, 0.2) is 0 Å². The molecule has 14 heavy (non-hydrogen) atoms. The predicted octanol–water partition coefficient (Wildman–Crippen LogP) is 2.61. The highest BCUT2D eigenvalue weighted by atomic mass is 32.1. The molecule has 2 aromatic rings. The molecule has 3 nitrogen and oxygen atoms in total. The Morgan fingerprint density at radius 3 is 2.93 bits per heavy atom. The van der Waals surface area contributed by atoms with Crippen LogP contribution < -0.4 is 4.74 Å². The van der Waals surface area contributed by atoms with E-state index in [1.807, 2.05) is 25.1 Å². The minimum absolute atomic E-state index is 0.584. The lowest BCUT2D eigenvalue weighted by molar-refractivity contribution is 0.399. The summed E-state index contributed by atoms with van der Waals surface area (Å²) in [4.78, 5) is 7.47. The average Bonchev–Trinajstić information content (AvgIpc) is 2.17. The molecule has 0 saturated carbocycles. The lowest BCUT2D eigenvalue weighted by atomic mass is 10.3. The summed E-state index contributed by atoms with van der Waals surface area (Å²) < 4.78 is 5.78. The van der Waals surface area contributed by atoms with Gasteiger partial charge in [0.05, 0.1) is 17.1 Å². The summed E-state index contributed by atoms with van der Waals surface area (Å²) in [6, 6.07) is 5.63. The van der Waals surface area contributed by atoms with E-state index in [0.29, 0.717) is 5.88 Å². The highest BCUT2D eigenvalue weighted by Gasteiger charge is 2.00. The number of fused-ring (bicyclic) bond motifs is 1. The summed E-state index contributed by atoms with van der Waals surface area (Å²) in [6.45, 7) is 1.97. The Hall–Kier alpha value is -1.42. The molecule has 0 fully saturated rings. The van der Waals surface area contributed by atoms with E-state index in [-0.39, 0.29) is 0 Å². The van der Waals surface area contributed by atoms with E-state index < -0.39 is 0 Å². The van der Waals surface area contributed by atoms with Crippen LogP contribution in [0.4, 0.5) is 0 Å². The number of ether oxygens (including phenoxy) is 1. The van der Waals surface area contributed by atoms with Crippen LogP contribution >= 0.6 is 12.2 Å². The summed E-state index contributed by atoms with van der Waals surface area (Å²) in [7, 11) is 1.59. The average molecular weight is 206 g/mol. The molecule has 0 bridgehead atoms. The number of aromatic amines is 1. The van der Waals surface area contributed by atoms with Crippen LogP contribution in [0.2, 0.25) is 0 Å². The Morgan fingerprint density at radius 2 is 2.21 bits per heavy atom. The van der Waals surface area contributed by atoms with Gasteiger partial charge in [-0.25, -0.2) is 4.98 Å². The topological polar surface area (TPSA) is 37.9 Å². The van der Waals surface area contributed by atoms with Crippen molar-refractivity contribution in [1.82, 2.24) is 9.97 Å². The monoisotopic (exact) mass is 206 g/mol. The lowest BCUT2D eigenvalue weighted by Gasteiger charge is -2.02. The molecular weight excluding hydrogens is 196 g/mol. The number of nitrogens with one attached hydrogen (secondary N) is 1. The zero-order valence-electron chi connectivity index (χ0n) is 8.00. The molecule has 0 spiro atoms. The van der Waals surface area contributed by atoms with Gasteiger partial charge in [-0.15, -0.1) is 0 Å². The fraction of sp³-hybridized carbons (Fsp3) is 0.200. The third kappa shape index (κ3) is 1.48. The van der Waals surface area contributed by atoms with Crippen molar-refractivity contribution in [2.24, 2.45) is 0 Å². The number of aromatic nitrogens is 2. The van der Waals surface area contributed by atoms with Crippen LogP contribution in [0.25, 0.3) is 11.0 Å². The van der Waals surface area contributed by atoms with Gasteiger partial charge < -0.3 is 9.72 Å². The maximum Gasteiger partial charge on any atom is 0.213 e. The van der Waals surface area contributed by atoms with Gasteiger partial charge in [-0.1, -0.05) is 12.2 Å². The van der Waals surface area contributed by atoms with Gasteiger partial charge in [0.1, 0.15) is 5.52 Å². The molecule has 2 heterocycles. The normalized spacial score (nSPS) is 10.4. The van der Waals surface area contributed by atoms with Gasteiger partial charge in [0.2, 0.25) is 5.88 Å². The van der Waals surface area contributed by atoms with E-state index in [1.165, 1.54) is 0 Å². The van der Waals surface area contributed by atoms with Crippen LogP contribution in [0.5, 0.6) is 5.88 Å². The van der Waals surface area contributed by atoms with Gasteiger partial charge in [-0.05, 0) is 19.1 Å². The molecule has 0 radical (unpaired) electrons. The number of H-pyrrole nitrogens is 1. The van der Waals surface area contributed by atoms with Crippen molar-refractivity contribution in [1.29, 1.82) is 0 Å². The molecule has 4 heteroatoms. The smallest absolute Gasteiger partial charge is 0.213 e. The molecule has 2 aromatic heterocycles. The molecule has 2 rings (SSSR count). The molecule has 0 aromatic carbocycles. The summed E-state index contributed by atoms with van der Waals surface area (Å²) in [5, 5.41) is 0. The van der Waals surface area contributed by atoms with E-state index in [2.05, 4.69) is 9.97 Å². The van der Waals surface area contributed by atoms with Gasteiger partial charge in [-0.2, -0.15) is 0 Å². The minimum Gasteiger partial charge on any atom is -0.481 e. The number of nitrogens with zero attached hydrogens (tertiary/aromatic N) is 1. The Morgan fingerprint density at radius 1 is 1.43 bits per heavy atom. The fourth-order valence-corrected chi connectivity index (χ4v) is 1.69. The van der Waals surface area contributed by atoms with Crippen LogP contribution in [-0.4, -0.2) is 17.1 Å². The van der Waals surface area contributed by atoms with Crippen molar-refractivity contribution in [2.75, 3.05) is 7.11 Å². The maximum atomic E-state index is 5.21. The van der Waals surface area contributed by atoms with Crippen molar-refractivity contribution >= 4 is 23.3 Å². The first-order valence-corrected chi connectivity index (χ1v) is 4.66. The van der Waals surface area contributed by atoms with Crippen molar-refractivity contribution < 1.29 is 4.74 Å². The highest BCUT2D eigenvalue weighted by Crippen LogP contribution is 2.16. The molecule has 0 atom stereocenters. The predicted molar refractivity (Wildman–Crippen MR) is 58.2 cm³/mol. The Kier molecular flexibility index (Phi) is 2.21. The van der Waals surface area contributed by atoms with E-state index in [1.54, 1.807) is 7.11 Å². The fourth-order valence-electron chi connectivity index (χ4n) is 1.36. The number of methoxy groups -OCH3 is 1. The first-order valence-electron chi connectivity index (χ1n) is 4.25. The second kappa shape index (κ2) is 3.38. The molecule has 0 aliphatic heterocycles. The molecule has 0 aliphatic carbocycles. The van der Waals surface area contributed by atoms with Crippen molar-refractivity contribution in [3.05, 3.63) is 28.4 Å². The zero-order valence-corrected chi connectivity index (χ0v) is 8.81. The number of aryl methyl sites for hydroxylation is 1. The van der Waals surface area contributed by atoms with Crippen LogP contribution in [0.1, 0.15) is 5.69 Å². The molecule has 0 amide bonds. The van der Waals surface area contributed by atoms with Crippen LogP contribution in [0.3, 0.4) is 0 Å². The number of rotatable bonds is 1. The van der Waals surface area contributed by atoms with Gasteiger partial charge >= 0.3 is 0 Å². The number of hydrogen-bond acceptors (Lipinski definition) is 3. The quantitative estimate of drug-likeness (QED) is 0.729. The van der Waals surface area contributed by atoms with E-state index in [9.17, 15) is 0 Å². The molecule has 0 aliphatic rings. The molecule has 0 unspecified atom stereocenters. The van der Waals surface area contributed by atoms with Gasteiger partial charge in [0, 0.05) is 11.8 Å². The number of pyridine rings is 2. The summed E-state index contributed by atoms with van der Waals surface area (Å²) in [5.41, 5.74) is 2.76. The summed E-state index contributed by atoms with van der Waals surface area (Å²) in [6.07, 6.45) is 0. The third-order valence-electron chi connectivity index (χ3n) is 1.99. The van der Waals surface area contributed by atoms with Crippen LogP contribution in [0, 0.1) is 11.4 Å². The minimum atomic E-state index is 0.584. The Labute approximate surface area is 86.8 Å². The van der Waals surface area contributed by atoms with Gasteiger partial charge in [-0.3, -0.25) is 0 Å². The maximum absolute atomic E-state index is 5.21. The zero-order chi connectivity index (χ0) is 10.1. The Bertz CT molecular complexity index is 533. The molecule has 1 N–H and O–H groups in total. The summed E-state index contributed by atoms with van der Waals surface area (Å²) >= 11 is 5.21. The second-order valence-corrected chi connectivity index (χ2v) is 3.51. The standard InChI is InChI=1S/C10H10N2OS/c1-6-5-8(14)10-7(11-6)3-4-9(12-10)13-2/h3-5H,1-2H3,(H,11,14). The lowest BCUT2D eigenvalue weighted by Crippen LogP contribution is -1.91. The van der Waals surface area contributed by atoms with Crippen molar-refractivity contribution in [2.45, 2.75) is 6.92 Å². The number of hydrogen-bond donors (Lipinski definition) is 1. The summed E-state index contributed by atoms with van der Waals surface area (Å²) in [5.74, 6) is 0.584. The first-order chi connectivity index (χ1) is 6.70. The third-order valence-corrected chi connectivity index (χ3v) is 2.30. The van der Waals surface area contributed by atoms with E-state index >= 15 is 0 Å². The van der Waals surface area contributed by atoms with Crippen LogP contribution in [-0.2, 0) is 0 Å². The molecule has 72 valence electrons. The first kappa shape index (κ1) is 9.15. The molecular formula is C10H10N2OS. The van der Waals surface area contributed by atoms with Crippen molar-refractivity contribution in [3.63, 3.8) is 0 Å². The van der Waals surface area contributed by atoms with Gasteiger partial charge in [0.25, 0.3) is 0 Å². The molecule has 0 saturated heterocycles. The SMILES string of the molecule is COc1ccc2[nH]c(C)cc(=S)c2n1. The second-order valence-electron chi connectivity index (χ2n) is 3.07. The Balaban J connectivity index is 2.82. The van der Waals surface area contributed by atoms with Crippen LogP contribution in [0.15, 0.2) is 18.2 Å². The van der Waals surface area contributed by atoms with E-state index in [0.717, 1.165) is 21.2 Å². The highest BCUT2D eigenvalue weighted by molar-refractivity contribution is 7.71. The van der Waals surface area contributed by atoms with Crippen molar-refractivity contribution in [3.8, 4) is 5.88 Å². The van der Waals surface area contributed by atoms with E-state index in [4.69, 9.17) is 17.0 Å².